The van der Waals surface area contributed by atoms with Crippen molar-refractivity contribution in [2.24, 2.45) is 4.99 Å². The Labute approximate surface area is 258 Å². The van der Waals surface area contributed by atoms with Crippen LogP contribution in [0.2, 0.25) is 0 Å². The van der Waals surface area contributed by atoms with Crippen molar-refractivity contribution in [3.05, 3.63) is 136 Å². The summed E-state index contributed by atoms with van der Waals surface area (Å²) in [5.74, 6) is 0.354. The van der Waals surface area contributed by atoms with E-state index >= 15 is 0 Å². The summed E-state index contributed by atoms with van der Waals surface area (Å²) in [6.07, 6.45) is 0.598. The van der Waals surface area contributed by atoms with E-state index in [1.807, 2.05) is 84.9 Å². The number of rotatable bonds is 13. The Hall–Kier alpha value is -4.05. The van der Waals surface area contributed by atoms with Gasteiger partial charge in [0.05, 0.1) is 6.61 Å². The number of aliphatic imine (C=N–C) groups is 1. The molecular weight excluding hydrogens is 613 g/mol. The number of halogens is 2. The van der Waals surface area contributed by atoms with Crippen molar-refractivity contribution in [3.8, 4) is 5.75 Å². The normalized spacial score (nSPS) is 17.7. The first-order chi connectivity index (χ1) is 21.0. The van der Waals surface area contributed by atoms with Gasteiger partial charge in [-0.15, -0.1) is 0 Å². The summed E-state index contributed by atoms with van der Waals surface area (Å²) in [7, 11) is 0. The van der Waals surface area contributed by atoms with Gasteiger partial charge in [-0.25, -0.2) is 14.8 Å². The number of ether oxygens (including phenoxy) is 2. The van der Waals surface area contributed by atoms with E-state index < -0.39 is 11.6 Å². The third-order valence-corrected chi connectivity index (χ3v) is 7.89. The number of amides is 1. The second-order valence-electron chi connectivity index (χ2n) is 10.2. The minimum Gasteiger partial charge on any atom is -0.494 e. The molecule has 0 aliphatic carbocycles. The molecule has 0 fully saturated rings. The quantitative estimate of drug-likeness (QED) is 0.128. The fraction of sp³-hybridized carbons (Fsp3) is 0.235. The molecule has 5 rings (SSSR count). The van der Waals surface area contributed by atoms with Gasteiger partial charge in [-0.2, -0.15) is 0 Å². The average Bonchev–Trinajstić information content (AvgIpc) is 3.40. The number of hydrazine groups is 1. The van der Waals surface area contributed by atoms with E-state index in [4.69, 9.17) is 19.6 Å². The van der Waals surface area contributed by atoms with Crippen molar-refractivity contribution < 1.29 is 23.8 Å². The molecule has 1 aliphatic heterocycles. The second-order valence-corrected chi connectivity index (χ2v) is 11.1. The van der Waals surface area contributed by atoms with Gasteiger partial charge >= 0.3 is 0 Å². The first kappa shape index (κ1) is 30.4. The van der Waals surface area contributed by atoms with E-state index in [1.165, 1.54) is 12.1 Å². The molecule has 0 saturated carbocycles. The molecule has 43 heavy (non-hydrogen) atoms. The Morgan fingerprint density at radius 3 is 2.47 bits per heavy atom. The van der Waals surface area contributed by atoms with Crippen LogP contribution in [0.1, 0.15) is 34.8 Å². The van der Waals surface area contributed by atoms with Crippen molar-refractivity contribution in [2.45, 2.75) is 30.9 Å². The molecule has 222 valence electrons. The predicted octanol–water partition coefficient (Wildman–Crippen LogP) is 5.71. The highest BCUT2D eigenvalue weighted by Crippen LogP contribution is 2.44. The van der Waals surface area contributed by atoms with Crippen molar-refractivity contribution >= 4 is 27.7 Å². The Kier molecular flexibility index (Phi) is 10.2. The van der Waals surface area contributed by atoms with E-state index in [1.54, 1.807) is 6.07 Å². The van der Waals surface area contributed by atoms with E-state index in [0.29, 0.717) is 43.2 Å². The zero-order valence-corrected chi connectivity index (χ0v) is 25.1. The second kappa shape index (κ2) is 14.4. The first-order valence-corrected chi connectivity index (χ1v) is 14.9. The van der Waals surface area contributed by atoms with Crippen LogP contribution in [-0.2, 0) is 22.4 Å². The van der Waals surface area contributed by atoms with Gasteiger partial charge in [0.25, 0.3) is 5.91 Å². The third-order valence-electron chi connectivity index (χ3n) is 7.16. The number of nitrogens with one attached hydrogen (secondary N) is 2. The van der Waals surface area contributed by atoms with Crippen LogP contribution in [0.15, 0.2) is 113 Å². The summed E-state index contributed by atoms with van der Waals surface area (Å²) in [6, 6.07) is 31.1. The van der Waals surface area contributed by atoms with E-state index in [9.17, 15) is 9.18 Å². The van der Waals surface area contributed by atoms with Crippen LogP contribution in [-0.4, -0.2) is 42.2 Å². The van der Waals surface area contributed by atoms with Crippen LogP contribution in [0.5, 0.6) is 5.75 Å². The molecule has 1 amide bonds. The van der Waals surface area contributed by atoms with Gasteiger partial charge in [-0.05, 0) is 60.0 Å². The number of carbonyl (C=O) groups is 1. The molecule has 0 bridgehead atoms. The first-order valence-electron chi connectivity index (χ1n) is 14.2. The zero-order chi connectivity index (χ0) is 30.1. The molecule has 0 unspecified atom stereocenters. The molecule has 1 heterocycles. The fourth-order valence-corrected chi connectivity index (χ4v) is 5.50. The van der Waals surface area contributed by atoms with Gasteiger partial charge < -0.3 is 14.6 Å². The van der Waals surface area contributed by atoms with Crippen LogP contribution in [0.3, 0.4) is 0 Å². The largest absolute Gasteiger partial charge is 0.494 e. The molecule has 1 aliphatic rings. The molecule has 3 N–H and O–H groups in total. The van der Waals surface area contributed by atoms with Gasteiger partial charge in [0.15, 0.2) is 11.6 Å². The number of aliphatic hydroxyl groups is 1. The van der Waals surface area contributed by atoms with Gasteiger partial charge in [0.2, 0.25) is 5.90 Å². The maximum atomic E-state index is 14.2. The Balaban J connectivity index is 1.47. The molecule has 2 atom stereocenters. The van der Waals surface area contributed by atoms with Crippen molar-refractivity contribution in [1.82, 2.24) is 10.9 Å². The molecule has 0 radical (unpaired) electrons. The number of nitrogens with zero attached hydrogens (tertiary/aromatic N) is 1. The van der Waals surface area contributed by atoms with Crippen LogP contribution >= 0.6 is 15.9 Å². The summed E-state index contributed by atoms with van der Waals surface area (Å²) < 4.78 is 26.7. The van der Waals surface area contributed by atoms with Gasteiger partial charge in [0, 0.05) is 41.6 Å². The molecule has 0 saturated heterocycles. The lowest BCUT2D eigenvalue weighted by Gasteiger charge is -2.31. The summed E-state index contributed by atoms with van der Waals surface area (Å²) in [5.41, 5.74) is 7.77. The van der Waals surface area contributed by atoms with Crippen LogP contribution in [0.25, 0.3) is 0 Å². The molecule has 7 nitrogen and oxygen atoms in total. The topological polar surface area (TPSA) is 92.2 Å². The average molecular weight is 647 g/mol. The number of carbonyl (C=O) groups excluding carboxylic acids is 1. The zero-order valence-electron chi connectivity index (χ0n) is 23.5. The number of hydrogen-bond donors (Lipinski definition) is 3. The lowest BCUT2D eigenvalue weighted by atomic mass is 9.82. The Morgan fingerprint density at radius 2 is 1.72 bits per heavy atom. The lowest BCUT2D eigenvalue weighted by Crippen LogP contribution is -2.54. The number of aliphatic hydroxyl groups excluding tert-OH is 1. The van der Waals surface area contributed by atoms with Gasteiger partial charge in [-0.3, -0.25) is 10.2 Å². The van der Waals surface area contributed by atoms with Gasteiger partial charge in [0.1, 0.15) is 11.6 Å². The molecule has 0 spiro atoms. The predicted molar refractivity (Wildman–Crippen MR) is 167 cm³/mol. The Morgan fingerprint density at radius 1 is 0.977 bits per heavy atom. The number of hydrogen-bond acceptors (Lipinski definition) is 6. The van der Waals surface area contributed by atoms with E-state index in [-0.39, 0.29) is 24.8 Å². The minimum absolute atomic E-state index is 0.0599. The molecular formula is C34H33BrFN3O4. The van der Waals surface area contributed by atoms with Crippen LogP contribution in [0.4, 0.5) is 4.39 Å². The summed E-state index contributed by atoms with van der Waals surface area (Å²) in [6.45, 7) is 0.861. The molecule has 0 aromatic heterocycles. The smallest absolute Gasteiger partial charge is 0.266 e. The molecule has 9 heteroatoms. The maximum absolute atomic E-state index is 14.2. The monoisotopic (exact) mass is 645 g/mol. The van der Waals surface area contributed by atoms with E-state index in [0.717, 1.165) is 21.2 Å². The number of benzene rings is 4. The van der Waals surface area contributed by atoms with E-state index in [2.05, 4.69) is 26.8 Å². The highest BCUT2D eigenvalue weighted by Gasteiger charge is 2.53. The molecule has 4 aromatic rings. The van der Waals surface area contributed by atoms with Crippen LogP contribution < -0.4 is 15.6 Å². The highest BCUT2D eigenvalue weighted by molar-refractivity contribution is 9.10. The van der Waals surface area contributed by atoms with Crippen molar-refractivity contribution in [2.75, 3.05) is 19.8 Å². The summed E-state index contributed by atoms with van der Waals surface area (Å²) in [5, 5.41) is 9.03. The fourth-order valence-electron chi connectivity index (χ4n) is 5.00. The summed E-state index contributed by atoms with van der Waals surface area (Å²) in [4.78, 5) is 19.3. The van der Waals surface area contributed by atoms with Gasteiger partial charge in [-0.1, -0.05) is 76.6 Å². The van der Waals surface area contributed by atoms with Crippen LogP contribution in [0, 0.1) is 5.82 Å². The summed E-state index contributed by atoms with van der Waals surface area (Å²) >= 11 is 3.66. The van der Waals surface area contributed by atoms with Crippen molar-refractivity contribution in [3.63, 3.8) is 0 Å². The Bertz CT molecular complexity index is 1550. The maximum Gasteiger partial charge on any atom is 0.266 e. The SMILES string of the molecule is O=C(NNCCc1cccc(F)c1)[C@@]1(Cc2ccccc2)N=C(c2ccc(OCCCO)cc2)O[C@H]1c1ccccc1Br. The molecule has 4 aromatic carbocycles. The minimum atomic E-state index is -1.36. The lowest BCUT2D eigenvalue weighted by molar-refractivity contribution is -0.130. The standard InChI is InChI=1S/C34H33BrFN3O4/c35-30-13-5-4-12-29(30)31-34(23-25-8-2-1-3-9-25,33(41)39-37-19-18-24-10-6-11-27(36)22-24)38-32(43-31)26-14-16-28(17-15-26)42-21-7-20-40/h1-6,8-17,22,31,37,40H,7,18-21,23H2,(H,39,41)/t31-,34-/m0/s1. The highest BCUT2D eigenvalue weighted by atomic mass is 79.9. The third kappa shape index (κ3) is 7.48. The van der Waals surface area contributed by atoms with Crippen molar-refractivity contribution in [1.29, 1.82) is 0 Å².